The average molecular weight is 289 g/mol. The molecule has 1 heterocycles. The number of aromatic nitrogens is 1. The van der Waals surface area contributed by atoms with Crippen LogP contribution in [-0.4, -0.2) is 10.9 Å². The van der Waals surface area contributed by atoms with Crippen LogP contribution in [0.2, 0.25) is 0 Å². The van der Waals surface area contributed by atoms with Crippen LogP contribution < -0.4 is 5.32 Å². The number of hydrogen-bond acceptors (Lipinski definition) is 3. The van der Waals surface area contributed by atoms with Crippen molar-refractivity contribution in [1.29, 1.82) is 0 Å². The Hall–Kier alpha value is -1.53. The number of rotatable bonds is 3. The minimum Gasteiger partial charge on any atom is -0.298 e. The first-order chi connectivity index (χ1) is 8.61. The lowest BCUT2D eigenvalue weighted by molar-refractivity contribution is 0.102. The summed E-state index contributed by atoms with van der Waals surface area (Å²) < 4.78 is 26.3. The van der Waals surface area contributed by atoms with Gasteiger partial charge in [-0.25, -0.2) is 13.8 Å². The number of carbonyl (C=O) groups excluding carboxylic acids is 1. The van der Waals surface area contributed by atoms with Crippen LogP contribution in [0.1, 0.15) is 16.1 Å². The van der Waals surface area contributed by atoms with E-state index in [1.165, 1.54) is 12.1 Å². The summed E-state index contributed by atoms with van der Waals surface area (Å²) >= 11 is 6.73. The van der Waals surface area contributed by atoms with Gasteiger partial charge in [-0.2, -0.15) is 0 Å². The minimum absolute atomic E-state index is 0.223. The molecule has 0 aliphatic rings. The van der Waals surface area contributed by atoms with Crippen molar-refractivity contribution in [2.45, 2.75) is 5.88 Å². The number of anilines is 1. The summed E-state index contributed by atoms with van der Waals surface area (Å²) in [6.07, 6.45) is 0. The van der Waals surface area contributed by atoms with Crippen LogP contribution in [0.4, 0.5) is 13.9 Å². The summed E-state index contributed by atoms with van der Waals surface area (Å²) in [4.78, 5) is 15.7. The van der Waals surface area contributed by atoms with Crippen molar-refractivity contribution in [2.24, 2.45) is 0 Å². The largest absolute Gasteiger partial charge is 0.298 e. The van der Waals surface area contributed by atoms with E-state index in [1.54, 1.807) is 5.38 Å². The smallest absolute Gasteiger partial charge is 0.260 e. The summed E-state index contributed by atoms with van der Waals surface area (Å²) in [7, 11) is 0. The number of carbonyl (C=O) groups is 1. The standard InChI is InChI=1S/C11H7ClF2N2OS/c12-4-6-5-18-11(15-6)16-10(17)7-2-1-3-8(13)9(7)14/h1-3,5H,4H2,(H,15,16,17). The number of halogens is 3. The van der Waals surface area contributed by atoms with Gasteiger partial charge in [0.1, 0.15) is 0 Å². The van der Waals surface area contributed by atoms with Gasteiger partial charge in [-0.3, -0.25) is 10.1 Å². The van der Waals surface area contributed by atoms with Gasteiger partial charge in [0.15, 0.2) is 16.8 Å². The van der Waals surface area contributed by atoms with E-state index in [0.717, 1.165) is 17.4 Å². The van der Waals surface area contributed by atoms with Gasteiger partial charge in [0, 0.05) is 5.38 Å². The van der Waals surface area contributed by atoms with Crippen LogP contribution in [0.25, 0.3) is 0 Å². The third-order valence-corrected chi connectivity index (χ3v) is 3.19. The average Bonchev–Trinajstić information content (AvgIpc) is 2.80. The lowest BCUT2D eigenvalue weighted by atomic mass is 10.2. The summed E-state index contributed by atoms with van der Waals surface area (Å²) in [6.45, 7) is 0. The third kappa shape index (κ3) is 2.65. The Labute approximate surface area is 110 Å². The third-order valence-electron chi connectivity index (χ3n) is 2.11. The maximum atomic E-state index is 13.4. The summed E-state index contributed by atoms with van der Waals surface area (Å²) in [5.41, 5.74) is 0.245. The van der Waals surface area contributed by atoms with Crippen LogP contribution in [0.3, 0.4) is 0 Å². The van der Waals surface area contributed by atoms with Crippen molar-refractivity contribution in [3.63, 3.8) is 0 Å². The van der Waals surface area contributed by atoms with Crippen molar-refractivity contribution in [2.75, 3.05) is 5.32 Å². The van der Waals surface area contributed by atoms with Gasteiger partial charge in [-0.05, 0) is 12.1 Å². The molecule has 1 aromatic carbocycles. The second kappa shape index (κ2) is 5.41. The Balaban J connectivity index is 2.19. The molecule has 2 aromatic rings. The fourth-order valence-electron chi connectivity index (χ4n) is 1.27. The zero-order chi connectivity index (χ0) is 13.1. The summed E-state index contributed by atoms with van der Waals surface area (Å²) in [5, 5.41) is 4.35. The topological polar surface area (TPSA) is 42.0 Å². The van der Waals surface area contributed by atoms with Gasteiger partial charge < -0.3 is 0 Å². The van der Waals surface area contributed by atoms with Crippen molar-refractivity contribution in [3.8, 4) is 0 Å². The van der Waals surface area contributed by atoms with E-state index in [9.17, 15) is 13.6 Å². The molecule has 0 atom stereocenters. The summed E-state index contributed by atoms with van der Waals surface area (Å²) in [5.74, 6) is -2.77. The maximum Gasteiger partial charge on any atom is 0.260 e. The molecule has 94 valence electrons. The van der Waals surface area contributed by atoms with Crippen LogP contribution in [0.5, 0.6) is 0 Å². The molecule has 0 aliphatic heterocycles. The van der Waals surface area contributed by atoms with E-state index in [4.69, 9.17) is 11.6 Å². The predicted molar refractivity (Wildman–Crippen MR) is 66.0 cm³/mol. The molecule has 2 rings (SSSR count). The van der Waals surface area contributed by atoms with E-state index >= 15 is 0 Å². The van der Waals surface area contributed by atoms with E-state index < -0.39 is 17.5 Å². The lowest BCUT2D eigenvalue weighted by Crippen LogP contribution is -2.14. The highest BCUT2D eigenvalue weighted by Gasteiger charge is 2.16. The highest BCUT2D eigenvalue weighted by atomic mass is 35.5. The fraction of sp³-hybridized carbons (Fsp3) is 0.0909. The number of nitrogens with one attached hydrogen (secondary N) is 1. The second-order valence-corrected chi connectivity index (χ2v) is 4.46. The normalized spacial score (nSPS) is 10.4. The maximum absolute atomic E-state index is 13.4. The Kier molecular flexibility index (Phi) is 3.88. The highest BCUT2D eigenvalue weighted by molar-refractivity contribution is 7.14. The number of hydrogen-bond donors (Lipinski definition) is 1. The van der Waals surface area contributed by atoms with Crippen molar-refractivity contribution >= 4 is 34.0 Å². The Morgan fingerprint density at radius 1 is 1.44 bits per heavy atom. The molecular formula is C11H7ClF2N2OS. The molecule has 0 fully saturated rings. The molecule has 1 N–H and O–H groups in total. The van der Waals surface area contributed by atoms with Gasteiger partial charge in [-0.1, -0.05) is 6.07 Å². The molecule has 0 spiro atoms. The first-order valence-corrected chi connectivity index (χ1v) is 6.29. The zero-order valence-electron chi connectivity index (χ0n) is 8.91. The second-order valence-electron chi connectivity index (χ2n) is 3.33. The predicted octanol–water partition coefficient (Wildman–Crippen LogP) is 3.41. The Bertz CT molecular complexity index is 588. The van der Waals surface area contributed by atoms with E-state index in [2.05, 4.69) is 10.3 Å². The SMILES string of the molecule is O=C(Nc1nc(CCl)cs1)c1cccc(F)c1F. The molecule has 7 heteroatoms. The molecular weight excluding hydrogens is 282 g/mol. The van der Waals surface area contributed by atoms with E-state index in [1.807, 2.05) is 0 Å². The molecule has 1 aromatic heterocycles. The van der Waals surface area contributed by atoms with Crippen LogP contribution >= 0.6 is 22.9 Å². The fourth-order valence-corrected chi connectivity index (χ4v) is 2.20. The van der Waals surface area contributed by atoms with Crippen molar-refractivity contribution in [1.82, 2.24) is 4.98 Å². The van der Waals surface area contributed by atoms with Crippen molar-refractivity contribution in [3.05, 3.63) is 46.5 Å². The van der Waals surface area contributed by atoms with Crippen molar-refractivity contribution < 1.29 is 13.6 Å². The molecule has 1 amide bonds. The number of benzene rings is 1. The number of amides is 1. The molecule has 0 bridgehead atoms. The molecule has 0 aliphatic carbocycles. The molecule has 0 saturated carbocycles. The van der Waals surface area contributed by atoms with Gasteiger partial charge in [-0.15, -0.1) is 22.9 Å². The molecule has 18 heavy (non-hydrogen) atoms. The van der Waals surface area contributed by atoms with Crippen LogP contribution in [0.15, 0.2) is 23.6 Å². The Morgan fingerprint density at radius 2 is 2.22 bits per heavy atom. The Morgan fingerprint density at radius 3 is 2.89 bits per heavy atom. The first kappa shape index (κ1) is 12.9. The van der Waals surface area contributed by atoms with Crippen LogP contribution in [0, 0.1) is 11.6 Å². The first-order valence-electron chi connectivity index (χ1n) is 4.87. The minimum atomic E-state index is -1.18. The molecule has 3 nitrogen and oxygen atoms in total. The van der Waals surface area contributed by atoms with Gasteiger partial charge in [0.2, 0.25) is 0 Å². The zero-order valence-corrected chi connectivity index (χ0v) is 10.5. The molecule has 0 saturated heterocycles. The van der Waals surface area contributed by atoms with Gasteiger partial charge in [0.05, 0.1) is 17.1 Å². The van der Waals surface area contributed by atoms with E-state index in [-0.39, 0.29) is 11.4 Å². The highest BCUT2D eigenvalue weighted by Crippen LogP contribution is 2.19. The van der Waals surface area contributed by atoms with E-state index in [0.29, 0.717) is 10.8 Å². The number of alkyl halides is 1. The lowest BCUT2D eigenvalue weighted by Gasteiger charge is -2.03. The number of nitrogens with zero attached hydrogens (tertiary/aromatic N) is 1. The van der Waals surface area contributed by atoms with Gasteiger partial charge >= 0.3 is 0 Å². The number of thiazole rings is 1. The van der Waals surface area contributed by atoms with Gasteiger partial charge in [0.25, 0.3) is 5.91 Å². The molecule has 0 unspecified atom stereocenters. The quantitative estimate of drug-likeness (QED) is 0.880. The van der Waals surface area contributed by atoms with Crippen LogP contribution in [-0.2, 0) is 5.88 Å². The monoisotopic (exact) mass is 288 g/mol. The molecule has 0 radical (unpaired) electrons. The summed E-state index contributed by atoms with van der Waals surface area (Å²) in [6, 6.07) is 3.41.